The zero-order chi connectivity index (χ0) is 21.5. The number of piperidine rings is 1. The van der Waals surface area contributed by atoms with Gasteiger partial charge in [0.15, 0.2) is 0 Å². The van der Waals surface area contributed by atoms with Gasteiger partial charge in [-0.2, -0.15) is 0 Å². The summed E-state index contributed by atoms with van der Waals surface area (Å²) in [7, 11) is 0. The number of nitrogens with zero attached hydrogens (tertiary/aromatic N) is 1. The van der Waals surface area contributed by atoms with Gasteiger partial charge in [0.25, 0.3) is 5.91 Å². The number of amides is 3. The van der Waals surface area contributed by atoms with Gasteiger partial charge in [0, 0.05) is 43.6 Å². The van der Waals surface area contributed by atoms with Crippen molar-refractivity contribution in [3.8, 4) is 0 Å². The molecule has 0 atom stereocenters. The zero-order valence-corrected chi connectivity index (χ0v) is 17.1. The molecule has 30 heavy (non-hydrogen) atoms. The minimum absolute atomic E-state index is 0.0592. The van der Waals surface area contributed by atoms with Crippen LogP contribution in [0.2, 0.25) is 0 Å². The molecule has 3 N–H and O–H groups in total. The molecule has 1 aliphatic heterocycles. The Balaban J connectivity index is 1.57. The molecule has 0 radical (unpaired) electrons. The average Bonchev–Trinajstić information content (AvgIpc) is 2.74. The minimum Gasteiger partial charge on any atom is -0.396 e. The number of benzene rings is 2. The number of aliphatic hydroxyl groups is 1. The van der Waals surface area contributed by atoms with E-state index in [9.17, 15) is 19.5 Å². The van der Waals surface area contributed by atoms with E-state index in [0.717, 1.165) is 18.4 Å². The van der Waals surface area contributed by atoms with Gasteiger partial charge in [-0.1, -0.05) is 18.2 Å². The molecule has 0 saturated carbocycles. The van der Waals surface area contributed by atoms with Crippen LogP contribution in [0.3, 0.4) is 0 Å². The standard InChI is InChI=1S/C23H27N3O4/c1-16(28)24-20-7-5-17(6-8-20)13-22(29)25-21-4-2-3-19(14-21)23(30)26-11-9-18(15-27)10-12-26/h2-8,14,18,27H,9-13,15H2,1H3,(H,24,28)(H,25,29). The molecule has 1 heterocycles. The number of aliphatic hydroxyl groups excluding tert-OH is 1. The van der Waals surface area contributed by atoms with Gasteiger partial charge in [0.05, 0.1) is 6.42 Å². The second kappa shape index (κ2) is 10.0. The summed E-state index contributed by atoms with van der Waals surface area (Å²) in [4.78, 5) is 38.0. The van der Waals surface area contributed by atoms with E-state index in [4.69, 9.17) is 0 Å². The highest BCUT2D eigenvalue weighted by molar-refractivity contribution is 5.97. The van der Waals surface area contributed by atoms with Crippen molar-refractivity contribution in [2.75, 3.05) is 30.3 Å². The molecule has 2 aromatic rings. The third-order valence-electron chi connectivity index (χ3n) is 5.19. The summed E-state index contributed by atoms with van der Waals surface area (Å²) in [5, 5.41) is 14.8. The third-order valence-corrected chi connectivity index (χ3v) is 5.19. The normalized spacial score (nSPS) is 14.3. The fraction of sp³-hybridized carbons (Fsp3) is 0.348. The first kappa shape index (κ1) is 21.5. The Hall–Kier alpha value is -3.19. The number of nitrogens with one attached hydrogen (secondary N) is 2. The Bertz CT molecular complexity index is 903. The molecule has 3 amide bonds. The van der Waals surface area contributed by atoms with E-state index in [1.165, 1.54) is 6.92 Å². The van der Waals surface area contributed by atoms with Crippen LogP contribution in [0.5, 0.6) is 0 Å². The minimum atomic E-state index is -0.185. The molecule has 0 aromatic heterocycles. The number of hydrogen-bond acceptors (Lipinski definition) is 4. The highest BCUT2D eigenvalue weighted by Gasteiger charge is 2.23. The SMILES string of the molecule is CC(=O)Nc1ccc(CC(=O)Nc2cccc(C(=O)N3CCC(CO)CC3)c2)cc1. The van der Waals surface area contributed by atoms with Crippen LogP contribution >= 0.6 is 0 Å². The van der Waals surface area contributed by atoms with Crippen molar-refractivity contribution < 1.29 is 19.5 Å². The van der Waals surface area contributed by atoms with E-state index in [1.54, 1.807) is 53.4 Å². The molecule has 2 aromatic carbocycles. The first-order chi connectivity index (χ1) is 14.4. The lowest BCUT2D eigenvalue weighted by Crippen LogP contribution is -2.39. The summed E-state index contributed by atoms with van der Waals surface area (Å²) in [6.07, 6.45) is 1.80. The van der Waals surface area contributed by atoms with E-state index < -0.39 is 0 Å². The fourth-order valence-electron chi connectivity index (χ4n) is 3.53. The Morgan fingerprint density at radius 2 is 1.70 bits per heavy atom. The van der Waals surface area contributed by atoms with E-state index in [0.29, 0.717) is 30.0 Å². The summed E-state index contributed by atoms with van der Waals surface area (Å²) < 4.78 is 0. The quantitative estimate of drug-likeness (QED) is 0.683. The second-order valence-corrected chi connectivity index (χ2v) is 7.60. The van der Waals surface area contributed by atoms with Gasteiger partial charge in [-0.25, -0.2) is 0 Å². The third kappa shape index (κ3) is 5.90. The molecule has 7 nitrogen and oxygen atoms in total. The van der Waals surface area contributed by atoms with Crippen LogP contribution in [0.4, 0.5) is 11.4 Å². The topological polar surface area (TPSA) is 98.7 Å². The van der Waals surface area contributed by atoms with Crippen LogP contribution in [0.15, 0.2) is 48.5 Å². The van der Waals surface area contributed by atoms with Gasteiger partial charge in [-0.05, 0) is 54.7 Å². The van der Waals surface area contributed by atoms with Gasteiger partial charge >= 0.3 is 0 Å². The van der Waals surface area contributed by atoms with Crippen LogP contribution in [0, 0.1) is 5.92 Å². The van der Waals surface area contributed by atoms with Gasteiger partial charge in [-0.15, -0.1) is 0 Å². The van der Waals surface area contributed by atoms with Crippen LogP contribution in [-0.2, 0) is 16.0 Å². The van der Waals surface area contributed by atoms with Gasteiger partial charge in [-0.3, -0.25) is 14.4 Å². The van der Waals surface area contributed by atoms with Crippen molar-refractivity contribution in [1.82, 2.24) is 4.90 Å². The maximum Gasteiger partial charge on any atom is 0.253 e. The Morgan fingerprint density at radius 1 is 1.00 bits per heavy atom. The summed E-state index contributed by atoms with van der Waals surface area (Å²) in [6, 6.07) is 14.0. The molecule has 0 aliphatic carbocycles. The Kier molecular flexibility index (Phi) is 7.19. The lowest BCUT2D eigenvalue weighted by molar-refractivity contribution is -0.116. The lowest BCUT2D eigenvalue weighted by atomic mass is 9.97. The van der Waals surface area contributed by atoms with Gasteiger partial charge in [0.1, 0.15) is 0 Å². The largest absolute Gasteiger partial charge is 0.396 e. The summed E-state index contributed by atoms with van der Waals surface area (Å²) >= 11 is 0. The molecular weight excluding hydrogens is 382 g/mol. The van der Waals surface area contributed by atoms with Crippen molar-refractivity contribution in [2.24, 2.45) is 5.92 Å². The lowest BCUT2D eigenvalue weighted by Gasteiger charge is -2.31. The van der Waals surface area contributed by atoms with E-state index in [1.807, 2.05) is 0 Å². The molecule has 0 bridgehead atoms. The van der Waals surface area contributed by atoms with Crippen LogP contribution in [0.25, 0.3) is 0 Å². The smallest absolute Gasteiger partial charge is 0.253 e. The van der Waals surface area contributed by atoms with Gasteiger partial charge in [0.2, 0.25) is 11.8 Å². The first-order valence-corrected chi connectivity index (χ1v) is 10.1. The molecule has 0 spiro atoms. The van der Waals surface area contributed by atoms with E-state index >= 15 is 0 Å². The van der Waals surface area contributed by atoms with Crippen molar-refractivity contribution in [3.63, 3.8) is 0 Å². The Morgan fingerprint density at radius 3 is 2.33 bits per heavy atom. The number of likely N-dealkylation sites (tertiary alicyclic amines) is 1. The second-order valence-electron chi connectivity index (χ2n) is 7.60. The van der Waals surface area contributed by atoms with Crippen molar-refractivity contribution in [3.05, 3.63) is 59.7 Å². The van der Waals surface area contributed by atoms with Crippen molar-refractivity contribution >= 4 is 29.1 Å². The monoisotopic (exact) mass is 409 g/mol. The molecule has 158 valence electrons. The first-order valence-electron chi connectivity index (χ1n) is 10.1. The predicted molar refractivity (Wildman–Crippen MR) is 115 cm³/mol. The molecule has 1 aliphatic rings. The number of anilines is 2. The van der Waals surface area contributed by atoms with Gasteiger partial charge < -0.3 is 20.6 Å². The van der Waals surface area contributed by atoms with E-state index in [2.05, 4.69) is 10.6 Å². The number of rotatable bonds is 6. The summed E-state index contributed by atoms with van der Waals surface area (Å²) in [5.74, 6) is -0.119. The maximum absolute atomic E-state index is 12.8. The highest BCUT2D eigenvalue weighted by Crippen LogP contribution is 2.20. The molecular formula is C23H27N3O4. The summed E-state index contributed by atoms with van der Waals surface area (Å²) in [5.41, 5.74) is 2.61. The van der Waals surface area contributed by atoms with Crippen LogP contribution in [-0.4, -0.2) is 47.4 Å². The van der Waals surface area contributed by atoms with Crippen LogP contribution < -0.4 is 10.6 Å². The zero-order valence-electron chi connectivity index (χ0n) is 17.1. The van der Waals surface area contributed by atoms with E-state index in [-0.39, 0.29) is 36.7 Å². The predicted octanol–water partition coefficient (Wildman–Crippen LogP) is 2.67. The fourth-order valence-corrected chi connectivity index (χ4v) is 3.53. The number of carbonyl (C=O) groups excluding carboxylic acids is 3. The molecule has 0 unspecified atom stereocenters. The Labute approximate surface area is 176 Å². The maximum atomic E-state index is 12.8. The molecule has 3 rings (SSSR count). The average molecular weight is 409 g/mol. The number of hydrogen-bond donors (Lipinski definition) is 3. The summed E-state index contributed by atoms with van der Waals surface area (Å²) in [6.45, 7) is 2.88. The molecule has 1 saturated heterocycles. The molecule has 1 fully saturated rings. The van der Waals surface area contributed by atoms with Crippen molar-refractivity contribution in [2.45, 2.75) is 26.2 Å². The number of carbonyl (C=O) groups is 3. The molecule has 7 heteroatoms. The highest BCUT2D eigenvalue weighted by atomic mass is 16.3. The van der Waals surface area contributed by atoms with Crippen molar-refractivity contribution in [1.29, 1.82) is 0 Å². The van der Waals surface area contributed by atoms with Crippen LogP contribution in [0.1, 0.15) is 35.7 Å².